The highest BCUT2D eigenvalue weighted by molar-refractivity contribution is 6.30. The SMILES string of the molecule is NCc1ccc(Oc2cc(Cl)ccc2[N+](=O)[O-])nc1. The summed E-state index contributed by atoms with van der Waals surface area (Å²) in [4.78, 5) is 14.3. The molecule has 0 radical (unpaired) electrons. The van der Waals surface area contributed by atoms with Crippen molar-refractivity contribution in [3.8, 4) is 11.6 Å². The lowest BCUT2D eigenvalue weighted by Gasteiger charge is -2.06. The van der Waals surface area contributed by atoms with E-state index < -0.39 is 4.92 Å². The third-order valence-electron chi connectivity index (χ3n) is 2.37. The number of aromatic nitrogens is 1. The molecule has 0 fully saturated rings. The van der Waals surface area contributed by atoms with Crippen molar-refractivity contribution in [1.82, 2.24) is 4.98 Å². The van der Waals surface area contributed by atoms with Gasteiger partial charge in [0, 0.05) is 36.0 Å². The van der Waals surface area contributed by atoms with Crippen LogP contribution in [0.25, 0.3) is 0 Å². The number of nitro groups is 1. The first-order chi connectivity index (χ1) is 9.10. The zero-order chi connectivity index (χ0) is 13.8. The van der Waals surface area contributed by atoms with E-state index in [1.54, 1.807) is 18.3 Å². The summed E-state index contributed by atoms with van der Waals surface area (Å²) in [5, 5.41) is 11.2. The van der Waals surface area contributed by atoms with Crippen LogP contribution in [0.1, 0.15) is 5.56 Å². The highest BCUT2D eigenvalue weighted by atomic mass is 35.5. The molecular weight excluding hydrogens is 270 g/mol. The molecule has 0 saturated heterocycles. The van der Waals surface area contributed by atoms with Crippen LogP contribution in [0.4, 0.5) is 5.69 Å². The topological polar surface area (TPSA) is 91.3 Å². The van der Waals surface area contributed by atoms with Crippen LogP contribution in [-0.4, -0.2) is 9.91 Å². The Morgan fingerprint density at radius 3 is 2.74 bits per heavy atom. The molecular formula is C12H10ClN3O3. The quantitative estimate of drug-likeness (QED) is 0.686. The maximum absolute atomic E-state index is 10.9. The molecule has 0 aliphatic rings. The summed E-state index contributed by atoms with van der Waals surface area (Å²) in [6, 6.07) is 7.41. The van der Waals surface area contributed by atoms with Gasteiger partial charge in [-0.05, 0) is 11.6 Å². The third kappa shape index (κ3) is 3.18. The highest BCUT2D eigenvalue weighted by Gasteiger charge is 2.16. The van der Waals surface area contributed by atoms with Crippen molar-refractivity contribution in [3.63, 3.8) is 0 Å². The first-order valence-corrected chi connectivity index (χ1v) is 5.74. The molecule has 1 aromatic heterocycles. The van der Waals surface area contributed by atoms with Crippen molar-refractivity contribution < 1.29 is 9.66 Å². The van der Waals surface area contributed by atoms with E-state index in [4.69, 9.17) is 22.1 Å². The Kier molecular flexibility index (Phi) is 3.94. The van der Waals surface area contributed by atoms with Crippen LogP contribution in [0.3, 0.4) is 0 Å². The Morgan fingerprint density at radius 2 is 2.16 bits per heavy atom. The van der Waals surface area contributed by atoms with Crippen molar-refractivity contribution in [3.05, 3.63) is 57.2 Å². The normalized spacial score (nSPS) is 10.2. The van der Waals surface area contributed by atoms with Crippen LogP contribution < -0.4 is 10.5 Å². The van der Waals surface area contributed by atoms with Crippen LogP contribution in [-0.2, 0) is 6.54 Å². The number of nitro benzene ring substituents is 1. The fourth-order valence-electron chi connectivity index (χ4n) is 1.43. The van der Waals surface area contributed by atoms with E-state index in [9.17, 15) is 10.1 Å². The Morgan fingerprint density at radius 1 is 1.37 bits per heavy atom. The van der Waals surface area contributed by atoms with Gasteiger partial charge in [-0.2, -0.15) is 0 Å². The Labute approximate surface area is 113 Å². The van der Waals surface area contributed by atoms with Gasteiger partial charge in [0.15, 0.2) is 0 Å². The molecule has 0 unspecified atom stereocenters. The summed E-state index contributed by atoms with van der Waals surface area (Å²) in [6.07, 6.45) is 1.55. The summed E-state index contributed by atoms with van der Waals surface area (Å²) < 4.78 is 5.37. The summed E-state index contributed by atoms with van der Waals surface area (Å²) in [7, 11) is 0. The molecule has 7 heteroatoms. The second-order valence-electron chi connectivity index (χ2n) is 3.68. The van der Waals surface area contributed by atoms with Crippen molar-refractivity contribution >= 4 is 17.3 Å². The second-order valence-corrected chi connectivity index (χ2v) is 4.12. The lowest BCUT2D eigenvalue weighted by atomic mass is 10.3. The Bertz CT molecular complexity index is 602. The molecule has 1 heterocycles. The molecule has 2 N–H and O–H groups in total. The molecule has 0 aliphatic heterocycles. The van der Waals surface area contributed by atoms with Crippen LogP contribution >= 0.6 is 11.6 Å². The second kappa shape index (κ2) is 5.64. The van der Waals surface area contributed by atoms with E-state index in [0.29, 0.717) is 11.6 Å². The molecule has 2 aromatic rings. The van der Waals surface area contributed by atoms with Crippen molar-refractivity contribution in [2.75, 3.05) is 0 Å². The number of halogens is 1. The first kappa shape index (κ1) is 13.3. The molecule has 1 aromatic carbocycles. The van der Waals surface area contributed by atoms with E-state index in [1.807, 2.05) is 0 Å². The van der Waals surface area contributed by atoms with Gasteiger partial charge in [0.2, 0.25) is 11.6 Å². The predicted octanol–water partition coefficient (Wildman–Crippen LogP) is 2.89. The van der Waals surface area contributed by atoms with Crippen molar-refractivity contribution in [2.45, 2.75) is 6.54 Å². The van der Waals surface area contributed by atoms with Gasteiger partial charge in [-0.1, -0.05) is 17.7 Å². The van der Waals surface area contributed by atoms with E-state index >= 15 is 0 Å². The molecule has 0 amide bonds. The van der Waals surface area contributed by atoms with E-state index in [2.05, 4.69) is 4.98 Å². The number of rotatable bonds is 4. The smallest absolute Gasteiger partial charge is 0.311 e. The minimum absolute atomic E-state index is 0.0468. The maximum atomic E-state index is 10.9. The standard InChI is InChI=1S/C12H10ClN3O3/c13-9-2-3-10(16(17)18)11(5-9)19-12-4-1-8(6-14)7-15-12/h1-5,7H,6,14H2. The molecule has 0 spiro atoms. The molecule has 6 nitrogen and oxygen atoms in total. The number of hydrogen-bond acceptors (Lipinski definition) is 5. The van der Waals surface area contributed by atoms with Crippen LogP contribution in [0.2, 0.25) is 5.02 Å². The van der Waals surface area contributed by atoms with E-state index in [0.717, 1.165) is 5.56 Å². The monoisotopic (exact) mass is 279 g/mol. The summed E-state index contributed by atoms with van der Waals surface area (Å²) >= 11 is 5.80. The van der Waals surface area contributed by atoms with Crippen LogP contribution in [0.15, 0.2) is 36.5 Å². The van der Waals surface area contributed by atoms with Gasteiger partial charge in [-0.15, -0.1) is 0 Å². The summed E-state index contributed by atoms with van der Waals surface area (Å²) in [5.41, 5.74) is 6.12. The number of benzene rings is 1. The van der Waals surface area contributed by atoms with Crippen molar-refractivity contribution in [1.29, 1.82) is 0 Å². The molecule has 0 bridgehead atoms. The predicted molar refractivity (Wildman–Crippen MR) is 70.3 cm³/mol. The van der Waals surface area contributed by atoms with Gasteiger partial charge in [-0.3, -0.25) is 10.1 Å². The number of pyridine rings is 1. The van der Waals surface area contributed by atoms with Crippen molar-refractivity contribution in [2.24, 2.45) is 5.73 Å². The van der Waals surface area contributed by atoms with Gasteiger partial charge in [0.05, 0.1) is 4.92 Å². The molecule has 98 valence electrons. The highest BCUT2D eigenvalue weighted by Crippen LogP contribution is 2.32. The average molecular weight is 280 g/mol. The number of hydrogen-bond donors (Lipinski definition) is 1. The maximum Gasteiger partial charge on any atom is 0.311 e. The first-order valence-electron chi connectivity index (χ1n) is 5.37. The van der Waals surface area contributed by atoms with Gasteiger partial charge in [0.1, 0.15) is 0 Å². The molecule has 19 heavy (non-hydrogen) atoms. The van der Waals surface area contributed by atoms with Gasteiger partial charge < -0.3 is 10.5 Å². The largest absolute Gasteiger partial charge is 0.432 e. The zero-order valence-corrected chi connectivity index (χ0v) is 10.5. The fourth-order valence-corrected chi connectivity index (χ4v) is 1.59. The zero-order valence-electron chi connectivity index (χ0n) is 9.75. The summed E-state index contributed by atoms with van der Waals surface area (Å²) in [6.45, 7) is 0.366. The lowest BCUT2D eigenvalue weighted by Crippen LogP contribution is -1.98. The van der Waals surface area contributed by atoms with Gasteiger partial charge in [-0.25, -0.2) is 4.98 Å². The number of ether oxygens (including phenoxy) is 1. The van der Waals surface area contributed by atoms with Gasteiger partial charge >= 0.3 is 5.69 Å². The lowest BCUT2D eigenvalue weighted by molar-refractivity contribution is -0.385. The summed E-state index contributed by atoms with van der Waals surface area (Å²) in [5.74, 6) is 0.285. The number of nitrogens with zero attached hydrogens (tertiary/aromatic N) is 2. The number of nitrogens with two attached hydrogens (primary N) is 1. The van der Waals surface area contributed by atoms with E-state index in [-0.39, 0.29) is 17.3 Å². The Balaban J connectivity index is 2.31. The minimum Gasteiger partial charge on any atom is -0.432 e. The fraction of sp³-hybridized carbons (Fsp3) is 0.0833. The van der Waals surface area contributed by atoms with Crippen LogP contribution in [0.5, 0.6) is 11.6 Å². The molecule has 0 aliphatic carbocycles. The Hall–Kier alpha value is -2.18. The minimum atomic E-state index is -0.542. The van der Waals surface area contributed by atoms with Crippen LogP contribution in [0, 0.1) is 10.1 Å². The molecule has 0 saturated carbocycles. The van der Waals surface area contributed by atoms with Gasteiger partial charge in [0.25, 0.3) is 0 Å². The molecule has 2 rings (SSSR count). The van der Waals surface area contributed by atoms with E-state index in [1.165, 1.54) is 18.2 Å². The third-order valence-corrected chi connectivity index (χ3v) is 2.60. The average Bonchev–Trinajstić information content (AvgIpc) is 2.39. The molecule has 0 atom stereocenters.